The van der Waals surface area contributed by atoms with Crippen LogP contribution < -0.4 is 0 Å². The van der Waals surface area contributed by atoms with Crippen LogP contribution in [0.4, 0.5) is 0 Å². The summed E-state index contributed by atoms with van der Waals surface area (Å²) in [6.07, 6.45) is 13.5. The summed E-state index contributed by atoms with van der Waals surface area (Å²) in [7, 11) is -1.48. The van der Waals surface area contributed by atoms with E-state index in [1.165, 1.54) is 0 Å². The second-order valence-corrected chi connectivity index (χ2v) is 11.9. The summed E-state index contributed by atoms with van der Waals surface area (Å²) < 4.78 is 4.74. The normalized spacial score (nSPS) is 17.1. The Hall–Kier alpha value is 0.500. The van der Waals surface area contributed by atoms with Crippen molar-refractivity contribution in [3.63, 3.8) is 0 Å². The van der Waals surface area contributed by atoms with Crippen LogP contribution in [0.15, 0.2) is 3.77 Å². The first-order chi connectivity index (χ1) is 3.71. The Morgan fingerprint density at radius 2 is 1.33 bits per heavy atom. The molecule has 0 atom stereocenters. The minimum atomic E-state index is -0.875. The molecule has 0 heterocycles. The van der Waals surface area contributed by atoms with E-state index < -0.39 is 20.0 Å². The molecule has 0 spiro atoms. The quantitative estimate of drug-likeness (QED) is 0.572. The fourth-order valence-corrected chi connectivity index (χ4v) is 6.61. The van der Waals surface area contributed by atoms with Gasteiger partial charge in [0.25, 0.3) is 0 Å². The lowest BCUT2D eigenvalue weighted by atomic mass is 11.9. The van der Waals surface area contributed by atoms with Crippen LogP contribution in [0.2, 0.25) is 0 Å². The van der Waals surface area contributed by atoms with Gasteiger partial charge in [0.1, 0.15) is 0 Å². The van der Waals surface area contributed by atoms with Gasteiger partial charge in [-0.1, -0.05) is 0 Å². The van der Waals surface area contributed by atoms with Gasteiger partial charge in [-0.05, 0) is 37.5 Å². The number of rotatable bonds is 1. The monoisotopic (exact) mass is 169 g/mol. The summed E-state index contributed by atoms with van der Waals surface area (Å²) in [5, 5.41) is 0. The SMILES string of the molecule is CS(C)(C)N=[SH](C)(C)C. The van der Waals surface area contributed by atoms with Crippen molar-refractivity contribution in [1.82, 2.24) is 0 Å². The highest BCUT2D eigenvalue weighted by Crippen LogP contribution is 2.38. The Bertz CT molecular complexity index is 129. The Morgan fingerprint density at radius 1 is 1.00 bits per heavy atom. The highest BCUT2D eigenvalue weighted by Gasteiger charge is 2.00. The lowest BCUT2D eigenvalue weighted by Gasteiger charge is -2.25. The van der Waals surface area contributed by atoms with E-state index in [-0.39, 0.29) is 0 Å². The largest absolute Gasteiger partial charge is 0.238 e. The molecule has 0 radical (unpaired) electrons. The minimum Gasteiger partial charge on any atom is -0.238 e. The van der Waals surface area contributed by atoms with E-state index in [0.29, 0.717) is 0 Å². The Balaban J connectivity index is 4.32. The first-order valence-corrected chi connectivity index (χ1v) is 8.85. The summed E-state index contributed by atoms with van der Waals surface area (Å²) >= 11 is 0. The van der Waals surface area contributed by atoms with Crippen molar-refractivity contribution in [3.8, 4) is 0 Å². The molecule has 0 saturated heterocycles. The van der Waals surface area contributed by atoms with Crippen LogP contribution in [0.3, 0.4) is 0 Å². The van der Waals surface area contributed by atoms with Crippen molar-refractivity contribution >= 4 is 20.0 Å². The third kappa shape index (κ3) is 8.50. The van der Waals surface area contributed by atoms with Crippen molar-refractivity contribution in [3.05, 3.63) is 0 Å². The third-order valence-corrected chi connectivity index (χ3v) is 4.41. The first-order valence-electron chi connectivity index (χ1n) is 2.95. The molecular weight excluding hydrogens is 150 g/mol. The topological polar surface area (TPSA) is 12.4 Å². The van der Waals surface area contributed by atoms with Crippen molar-refractivity contribution < 1.29 is 0 Å². The van der Waals surface area contributed by atoms with E-state index in [0.717, 1.165) is 0 Å². The molecule has 0 N–H and O–H groups in total. The fourth-order valence-electron chi connectivity index (χ4n) is 0.735. The van der Waals surface area contributed by atoms with Crippen molar-refractivity contribution in [2.45, 2.75) is 0 Å². The zero-order valence-electron chi connectivity index (χ0n) is 7.30. The highest BCUT2D eigenvalue weighted by molar-refractivity contribution is 8.34. The standard InChI is InChI=1S/C6H19NS2/c1-8(2,3)7-9(4,5)6/h8H,1-6H3. The van der Waals surface area contributed by atoms with Crippen LogP contribution in [0, 0.1) is 0 Å². The highest BCUT2D eigenvalue weighted by atomic mass is 32.3. The smallest absolute Gasteiger partial charge is 0.0162 e. The molecule has 0 saturated carbocycles. The predicted octanol–water partition coefficient (Wildman–Crippen LogP) is 1.55. The van der Waals surface area contributed by atoms with Gasteiger partial charge in [-0.3, -0.25) is 0 Å². The maximum Gasteiger partial charge on any atom is -0.0162 e. The molecule has 60 valence electrons. The van der Waals surface area contributed by atoms with Gasteiger partial charge in [-0.25, -0.2) is 3.77 Å². The van der Waals surface area contributed by atoms with Crippen LogP contribution >= 0.6 is 10.2 Å². The molecule has 0 aromatic carbocycles. The fraction of sp³-hybridized carbons (Fsp3) is 1.00. The van der Waals surface area contributed by atoms with Crippen LogP contribution in [0.1, 0.15) is 0 Å². The second-order valence-electron chi connectivity index (χ2n) is 3.80. The molecule has 0 aromatic rings. The van der Waals surface area contributed by atoms with Gasteiger partial charge in [-0.15, -0.1) is 10.2 Å². The lowest BCUT2D eigenvalue weighted by Crippen LogP contribution is -2.03. The summed E-state index contributed by atoms with van der Waals surface area (Å²) in [6.45, 7) is 0. The molecule has 0 aromatic heterocycles. The van der Waals surface area contributed by atoms with E-state index >= 15 is 0 Å². The van der Waals surface area contributed by atoms with E-state index in [2.05, 4.69) is 37.5 Å². The molecule has 0 aliphatic heterocycles. The zero-order valence-corrected chi connectivity index (χ0v) is 9.01. The van der Waals surface area contributed by atoms with Gasteiger partial charge in [0.2, 0.25) is 0 Å². The second kappa shape index (κ2) is 2.62. The summed E-state index contributed by atoms with van der Waals surface area (Å²) in [5.41, 5.74) is 0. The molecule has 0 fully saturated rings. The number of hydrogen-bond donors (Lipinski definition) is 1. The van der Waals surface area contributed by atoms with Crippen LogP contribution in [-0.2, 0) is 9.82 Å². The van der Waals surface area contributed by atoms with Gasteiger partial charge in [0.05, 0.1) is 0 Å². The molecule has 9 heavy (non-hydrogen) atoms. The number of nitrogens with zero attached hydrogens (tertiary/aromatic N) is 1. The Kier molecular flexibility index (Phi) is 2.77. The van der Waals surface area contributed by atoms with E-state index in [1.54, 1.807) is 0 Å². The molecule has 0 aliphatic carbocycles. The van der Waals surface area contributed by atoms with E-state index in [4.69, 9.17) is 3.77 Å². The Labute approximate surface area is 61.8 Å². The van der Waals surface area contributed by atoms with Crippen LogP contribution in [0.5, 0.6) is 0 Å². The molecule has 0 rings (SSSR count). The first kappa shape index (κ1) is 9.50. The molecule has 3 heteroatoms. The average molecular weight is 169 g/mol. The summed E-state index contributed by atoms with van der Waals surface area (Å²) in [5.74, 6) is 0. The van der Waals surface area contributed by atoms with Crippen LogP contribution in [-0.4, -0.2) is 37.5 Å². The van der Waals surface area contributed by atoms with E-state index in [1.807, 2.05) is 0 Å². The van der Waals surface area contributed by atoms with Gasteiger partial charge in [0, 0.05) is 0 Å². The Morgan fingerprint density at radius 3 is 1.33 bits per heavy atom. The lowest BCUT2D eigenvalue weighted by molar-refractivity contribution is 1.82. The average Bonchev–Trinajstić information content (AvgIpc) is 1.14. The maximum atomic E-state index is 4.74. The van der Waals surface area contributed by atoms with Gasteiger partial charge < -0.3 is 0 Å². The van der Waals surface area contributed by atoms with Crippen molar-refractivity contribution in [2.75, 3.05) is 37.5 Å². The summed E-state index contributed by atoms with van der Waals surface area (Å²) in [4.78, 5) is 0. The van der Waals surface area contributed by atoms with Crippen molar-refractivity contribution in [1.29, 1.82) is 0 Å². The number of hydrogen-bond acceptors (Lipinski definition) is 1. The molecule has 1 nitrogen and oxygen atoms in total. The molecule has 0 unspecified atom stereocenters. The molecular formula is C6H19NS2. The van der Waals surface area contributed by atoms with Crippen molar-refractivity contribution in [2.24, 2.45) is 3.77 Å². The zero-order chi connectivity index (χ0) is 7.71. The van der Waals surface area contributed by atoms with Crippen LogP contribution in [0.25, 0.3) is 0 Å². The third-order valence-electron chi connectivity index (χ3n) is 0.490. The summed E-state index contributed by atoms with van der Waals surface area (Å²) in [6, 6.07) is 0. The van der Waals surface area contributed by atoms with E-state index in [9.17, 15) is 0 Å². The predicted molar refractivity (Wildman–Crippen MR) is 54.3 cm³/mol. The number of thiol groups is 1. The molecule has 0 aliphatic rings. The maximum absolute atomic E-state index is 4.74. The molecule has 0 bridgehead atoms. The molecule has 0 amide bonds. The minimum absolute atomic E-state index is 0.607. The van der Waals surface area contributed by atoms with Gasteiger partial charge in [0.15, 0.2) is 0 Å². The van der Waals surface area contributed by atoms with Gasteiger partial charge in [-0.2, -0.15) is 9.82 Å². The van der Waals surface area contributed by atoms with Gasteiger partial charge >= 0.3 is 0 Å².